The molecule has 28 heavy (non-hydrogen) atoms. The monoisotopic (exact) mass is 425 g/mol. The van der Waals surface area contributed by atoms with Crippen LogP contribution in [0.2, 0.25) is 0 Å². The highest BCUT2D eigenvalue weighted by Gasteiger charge is 2.18. The molecule has 2 heterocycles. The minimum atomic E-state index is -0.210. The van der Waals surface area contributed by atoms with Crippen LogP contribution in [0.1, 0.15) is 6.92 Å². The number of hydrogen-bond acceptors (Lipinski definition) is 3. The molecule has 1 aliphatic rings. The molecule has 0 unspecified atom stereocenters. The van der Waals surface area contributed by atoms with Gasteiger partial charge in [-0.3, -0.25) is 0 Å². The Labute approximate surface area is 177 Å². The van der Waals surface area contributed by atoms with Crippen molar-refractivity contribution in [2.75, 3.05) is 37.6 Å². The Morgan fingerprint density at radius 1 is 0.929 bits per heavy atom. The predicted octanol–water partition coefficient (Wildman–Crippen LogP) is 4.20. The summed E-state index contributed by atoms with van der Waals surface area (Å²) in [4.78, 5) is 9.70. The summed E-state index contributed by atoms with van der Waals surface area (Å²) in [5.74, 6) is 0.798. The molecule has 0 aliphatic carbocycles. The van der Waals surface area contributed by atoms with Crippen molar-refractivity contribution in [3.05, 3.63) is 60.4 Å². The molecule has 152 valence electrons. The first-order valence-corrected chi connectivity index (χ1v) is 8.87. The highest BCUT2D eigenvalue weighted by atomic mass is 35.5. The van der Waals surface area contributed by atoms with Gasteiger partial charge < -0.3 is 15.3 Å². The molecule has 3 aromatic rings. The zero-order chi connectivity index (χ0) is 17.2. The molecule has 1 aromatic heterocycles. The maximum atomic E-state index is 13.3. The van der Waals surface area contributed by atoms with Gasteiger partial charge >= 0.3 is 0 Å². The van der Waals surface area contributed by atoms with Gasteiger partial charge in [-0.1, -0.05) is 37.3 Å². The van der Waals surface area contributed by atoms with Gasteiger partial charge in [0.15, 0.2) is 0 Å². The summed E-state index contributed by atoms with van der Waals surface area (Å²) < 4.78 is 13.3. The third kappa shape index (κ3) is 4.92. The summed E-state index contributed by atoms with van der Waals surface area (Å²) in [6.07, 6.45) is 0. The van der Waals surface area contributed by atoms with Gasteiger partial charge in [0.25, 0.3) is 0 Å². The van der Waals surface area contributed by atoms with Gasteiger partial charge in [-0.05, 0) is 41.9 Å². The van der Waals surface area contributed by atoms with Crippen molar-refractivity contribution < 1.29 is 9.87 Å². The van der Waals surface area contributed by atoms with Crippen LogP contribution in [0, 0.1) is 5.82 Å². The summed E-state index contributed by atoms with van der Waals surface area (Å²) in [5, 5.41) is 1.10. The lowest BCUT2D eigenvalue weighted by Gasteiger charge is -2.35. The Bertz CT molecular complexity index is 884. The molecule has 0 atom stereocenters. The molecular weight excluding hydrogens is 400 g/mol. The lowest BCUT2D eigenvalue weighted by Crippen LogP contribution is -2.46. The summed E-state index contributed by atoms with van der Waals surface area (Å²) in [7, 11) is 0. The second-order valence-corrected chi connectivity index (χ2v) is 6.47. The standard InChI is InChI=1S/C21H22FN3.2ClH.H2O/c1-2-24-11-13-25(14-12-24)21-15-19(16-7-9-17(22)10-8-16)18-5-3-4-6-20(18)23-21;;;/h3-10,15H,2,11-14H2,1H3;2*1H;1H2. The van der Waals surface area contributed by atoms with E-state index in [1.807, 2.05) is 30.3 Å². The van der Waals surface area contributed by atoms with E-state index < -0.39 is 0 Å². The number of nitrogens with zero attached hydrogens (tertiary/aromatic N) is 3. The molecular formula is C21H26Cl2FN3O. The van der Waals surface area contributed by atoms with Gasteiger partial charge in [-0.15, -0.1) is 24.8 Å². The topological polar surface area (TPSA) is 50.9 Å². The van der Waals surface area contributed by atoms with Crippen molar-refractivity contribution in [2.45, 2.75) is 6.92 Å². The smallest absolute Gasteiger partial charge is 0.129 e. The van der Waals surface area contributed by atoms with Crippen LogP contribution in [-0.2, 0) is 0 Å². The number of pyridine rings is 1. The second-order valence-electron chi connectivity index (χ2n) is 6.47. The number of benzene rings is 2. The minimum Gasteiger partial charge on any atom is -0.412 e. The van der Waals surface area contributed by atoms with E-state index in [-0.39, 0.29) is 36.1 Å². The Morgan fingerprint density at radius 2 is 1.57 bits per heavy atom. The van der Waals surface area contributed by atoms with Crippen LogP contribution in [0.4, 0.5) is 10.2 Å². The summed E-state index contributed by atoms with van der Waals surface area (Å²) in [6.45, 7) is 7.41. The molecule has 2 aromatic carbocycles. The molecule has 0 bridgehead atoms. The molecule has 1 fully saturated rings. The average Bonchev–Trinajstić information content (AvgIpc) is 2.68. The van der Waals surface area contributed by atoms with Gasteiger partial charge in [0.2, 0.25) is 0 Å². The van der Waals surface area contributed by atoms with Crippen molar-refractivity contribution in [3.8, 4) is 11.1 Å². The molecule has 2 N–H and O–H groups in total. The normalized spacial score (nSPS) is 14.0. The Kier molecular flexibility index (Phi) is 9.11. The van der Waals surface area contributed by atoms with Crippen molar-refractivity contribution >= 4 is 41.5 Å². The van der Waals surface area contributed by atoms with E-state index in [2.05, 4.69) is 28.9 Å². The van der Waals surface area contributed by atoms with Crippen molar-refractivity contribution in [1.82, 2.24) is 9.88 Å². The molecule has 0 saturated carbocycles. The van der Waals surface area contributed by atoms with Gasteiger partial charge in [0.05, 0.1) is 5.52 Å². The molecule has 1 aliphatic heterocycles. The lowest BCUT2D eigenvalue weighted by atomic mass is 10.0. The third-order valence-corrected chi connectivity index (χ3v) is 5.00. The summed E-state index contributed by atoms with van der Waals surface area (Å²) in [6, 6.07) is 17.0. The number of piperazine rings is 1. The molecule has 4 nitrogen and oxygen atoms in total. The van der Waals surface area contributed by atoms with E-state index in [1.165, 1.54) is 12.1 Å². The van der Waals surface area contributed by atoms with E-state index in [4.69, 9.17) is 4.98 Å². The van der Waals surface area contributed by atoms with Crippen LogP contribution in [0.15, 0.2) is 54.6 Å². The first-order valence-electron chi connectivity index (χ1n) is 8.87. The molecule has 4 rings (SSSR count). The van der Waals surface area contributed by atoms with E-state index >= 15 is 0 Å². The van der Waals surface area contributed by atoms with E-state index in [9.17, 15) is 4.39 Å². The Balaban J connectivity index is 0.00000131. The number of aromatic nitrogens is 1. The number of halogens is 3. The number of rotatable bonds is 3. The van der Waals surface area contributed by atoms with Crippen molar-refractivity contribution in [2.24, 2.45) is 0 Å². The maximum Gasteiger partial charge on any atom is 0.129 e. The van der Waals surface area contributed by atoms with E-state index in [0.29, 0.717) is 0 Å². The largest absolute Gasteiger partial charge is 0.412 e. The quantitative estimate of drug-likeness (QED) is 0.631. The fourth-order valence-corrected chi connectivity index (χ4v) is 3.48. The number of fused-ring (bicyclic) bond motifs is 1. The van der Waals surface area contributed by atoms with E-state index in [1.54, 1.807) is 0 Å². The Morgan fingerprint density at radius 3 is 2.21 bits per heavy atom. The van der Waals surface area contributed by atoms with Crippen LogP contribution < -0.4 is 4.90 Å². The molecule has 7 heteroatoms. The van der Waals surface area contributed by atoms with Crippen molar-refractivity contribution in [3.63, 3.8) is 0 Å². The zero-order valence-electron chi connectivity index (χ0n) is 15.8. The highest BCUT2D eigenvalue weighted by Crippen LogP contribution is 2.31. The van der Waals surface area contributed by atoms with E-state index in [0.717, 1.165) is 60.6 Å². The molecule has 0 amide bonds. The second kappa shape index (κ2) is 10.6. The molecule has 1 saturated heterocycles. The fourth-order valence-electron chi connectivity index (χ4n) is 3.48. The predicted molar refractivity (Wildman–Crippen MR) is 120 cm³/mol. The Hall–Kier alpha value is -1.92. The van der Waals surface area contributed by atoms with Crippen LogP contribution in [0.5, 0.6) is 0 Å². The summed E-state index contributed by atoms with van der Waals surface area (Å²) in [5.41, 5.74) is 3.12. The first-order chi connectivity index (χ1) is 12.2. The average molecular weight is 426 g/mol. The van der Waals surface area contributed by atoms with Gasteiger partial charge in [0.1, 0.15) is 11.6 Å². The SMILES string of the molecule is CCN1CCN(c2cc(-c3ccc(F)cc3)c3ccccc3n2)CC1.Cl.Cl.O. The summed E-state index contributed by atoms with van der Waals surface area (Å²) >= 11 is 0. The fraction of sp³-hybridized carbons (Fsp3) is 0.286. The highest BCUT2D eigenvalue weighted by molar-refractivity contribution is 5.96. The van der Waals surface area contributed by atoms with Gasteiger partial charge in [-0.25, -0.2) is 9.37 Å². The van der Waals surface area contributed by atoms with Crippen molar-refractivity contribution in [1.29, 1.82) is 0 Å². The van der Waals surface area contributed by atoms with Crippen LogP contribution in [0.25, 0.3) is 22.0 Å². The van der Waals surface area contributed by atoms with Crippen LogP contribution >= 0.6 is 24.8 Å². The molecule has 0 spiro atoms. The number of likely N-dealkylation sites (N-methyl/N-ethyl adjacent to an activating group) is 1. The zero-order valence-corrected chi connectivity index (χ0v) is 17.4. The maximum absolute atomic E-state index is 13.3. The van der Waals surface area contributed by atoms with Gasteiger partial charge in [0, 0.05) is 31.6 Å². The first kappa shape index (κ1) is 24.1. The molecule has 0 radical (unpaired) electrons. The third-order valence-electron chi connectivity index (χ3n) is 5.00. The van der Waals surface area contributed by atoms with Gasteiger partial charge in [-0.2, -0.15) is 0 Å². The minimum absolute atomic E-state index is 0. The van der Waals surface area contributed by atoms with Crippen LogP contribution in [-0.4, -0.2) is 48.1 Å². The lowest BCUT2D eigenvalue weighted by molar-refractivity contribution is 0.270. The van der Waals surface area contributed by atoms with Crippen LogP contribution in [0.3, 0.4) is 0 Å². The number of hydrogen-bond donors (Lipinski definition) is 0. The number of para-hydroxylation sites is 1. The number of anilines is 1.